The van der Waals surface area contributed by atoms with Gasteiger partial charge in [-0.05, 0) is 59.2 Å². The third-order valence-corrected chi connectivity index (χ3v) is 4.01. The smallest absolute Gasteiger partial charge is 0.208 e. The molecular weight excluding hydrogens is 254 g/mol. The van der Waals surface area contributed by atoms with Crippen LogP contribution in [0.2, 0.25) is 0 Å². The Hall–Kier alpha value is -0.910. The zero-order valence-corrected chi connectivity index (χ0v) is 12.9. The molecule has 1 fully saturated rings. The van der Waals surface area contributed by atoms with Crippen molar-refractivity contribution in [2.75, 3.05) is 26.2 Å². The molecule has 2 rings (SSSR count). The number of β-amino-alcohol motifs (C(OH)–C–C–N with tert-alkyl or cyclic N) is 1. The summed E-state index contributed by atoms with van der Waals surface area (Å²) in [6.45, 7) is 10.5. The number of likely N-dealkylation sites (tertiary alicyclic amines) is 1. The number of hydrogen-bond donors (Lipinski definition) is 2. The average molecular weight is 281 g/mol. The highest BCUT2D eigenvalue weighted by Gasteiger charge is 2.19. The highest BCUT2D eigenvalue weighted by Crippen LogP contribution is 2.16. The van der Waals surface area contributed by atoms with E-state index < -0.39 is 0 Å². The Labute approximate surface area is 121 Å². The van der Waals surface area contributed by atoms with Crippen LogP contribution in [0.5, 0.6) is 0 Å². The van der Waals surface area contributed by atoms with E-state index in [1.165, 1.54) is 12.8 Å². The van der Waals surface area contributed by atoms with Gasteiger partial charge in [0.2, 0.25) is 5.89 Å². The molecule has 0 radical (unpaired) electrons. The van der Waals surface area contributed by atoms with Gasteiger partial charge in [-0.15, -0.1) is 0 Å². The van der Waals surface area contributed by atoms with Crippen molar-refractivity contribution in [3.05, 3.63) is 17.3 Å². The predicted molar refractivity (Wildman–Crippen MR) is 78.5 cm³/mol. The van der Waals surface area contributed by atoms with Crippen LogP contribution in [-0.4, -0.2) is 47.3 Å². The Balaban J connectivity index is 1.64. The van der Waals surface area contributed by atoms with Crippen LogP contribution >= 0.6 is 0 Å². The average Bonchev–Trinajstić information content (AvgIpc) is 2.70. The normalized spacial score (nSPS) is 19.4. The number of piperidine rings is 1. The summed E-state index contributed by atoms with van der Waals surface area (Å²) in [4.78, 5) is 6.72. The second-order valence-electron chi connectivity index (χ2n) is 5.97. The van der Waals surface area contributed by atoms with E-state index in [1.54, 1.807) is 0 Å². The third-order valence-electron chi connectivity index (χ3n) is 4.01. The number of nitrogens with zero attached hydrogens (tertiary/aromatic N) is 2. The zero-order chi connectivity index (χ0) is 14.5. The molecule has 5 nitrogen and oxygen atoms in total. The van der Waals surface area contributed by atoms with E-state index in [-0.39, 0.29) is 6.10 Å². The maximum absolute atomic E-state index is 9.39. The monoisotopic (exact) mass is 281 g/mol. The summed E-state index contributed by atoms with van der Waals surface area (Å²) in [5.74, 6) is 2.41. The summed E-state index contributed by atoms with van der Waals surface area (Å²) >= 11 is 0. The molecule has 1 aliphatic rings. The number of aliphatic hydroxyl groups is 1. The highest BCUT2D eigenvalue weighted by molar-refractivity contribution is 5.05. The number of oxazole rings is 1. The lowest BCUT2D eigenvalue weighted by atomic mass is 9.96. The van der Waals surface area contributed by atoms with Crippen molar-refractivity contribution in [3.8, 4) is 0 Å². The lowest BCUT2D eigenvalue weighted by molar-refractivity contribution is 0.0997. The molecule has 0 aliphatic carbocycles. The predicted octanol–water partition coefficient (Wildman–Crippen LogP) is 1.47. The van der Waals surface area contributed by atoms with Gasteiger partial charge in [-0.2, -0.15) is 0 Å². The number of aliphatic hydroxyl groups excluding tert-OH is 1. The summed E-state index contributed by atoms with van der Waals surface area (Å²) in [6, 6.07) is 0. The van der Waals surface area contributed by atoms with Crippen LogP contribution in [0.15, 0.2) is 4.42 Å². The molecule has 0 aromatic carbocycles. The molecule has 0 bridgehead atoms. The first-order valence-electron chi connectivity index (χ1n) is 7.58. The van der Waals surface area contributed by atoms with Crippen molar-refractivity contribution in [2.45, 2.75) is 46.3 Å². The topological polar surface area (TPSA) is 61.5 Å². The fourth-order valence-corrected chi connectivity index (χ4v) is 2.74. The van der Waals surface area contributed by atoms with Crippen molar-refractivity contribution in [3.63, 3.8) is 0 Å². The molecule has 0 unspecified atom stereocenters. The second-order valence-corrected chi connectivity index (χ2v) is 5.97. The molecule has 1 aromatic rings. The molecule has 114 valence electrons. The van der Waals surface area contributed by atoms with Crippen molar-refractivity contribution in [1.82, 2.24) is 15.2 Å². The first-order valence-corrected chi connectivity index (χ1v) is 7.58. The summed E-state index contributed by atoms with van der Waals surface area (Å²) < 4.78 is 5.55. The number of hydrogen-bond acceptors (Lipinski definition) is 5. The van der Waals surface area contributed by atoms with Gasteiger partial charge in [0.25, 0.3) is 0 Å². The summed E-state index contributed by atoms with van der Waals surface area (Å²) in [7, 11) is 0. The fourth-order valence-electron chi connectivity index (χ4n) is 2.74. The van der Waals surface area contributed by atoms with Gasteiger partial charge < -0.3 is 19.7 Å². The molecular formula is C15H27N3O2. The second kappa shape index (κ2) is 7.20. The largest absolute Gasteiger partial charge is 0.444 e. The molecule has 2 heterocycles. The van der Waals surface area contributed by atoms with Gasteiger partial charge >= 0.3 is 0 Å². The van der Waals surface area contributed by atoms with Crippen molar-refractivity contribution in [2.24, 2.45) is 5.92 Å². The van der Waals surface area contributed by atoms with Gasteiger partial charge in [-0.25, -0.2) is 4.98 Å². The van der Waals surface area contributed by atoms with Gasteiger partial charge in [0.1, 0.15) is 5.76 Å². The number of rotatable bonds is 6. The minimum atomic E-state index is -0.221. The van der Waals surface area contributed by atoms with Crippen LogP contribution in [0.3, 0.4) is 0 Å². The Morgan fingerprint density at radius 1 is 1.40 bits per heavy atom. The molecule has 5 heteroatoms. The molecule has 0 spiro atoms. The van der Waals surface area contributed by atoms with Gasteiger partial charge in [-0.3, -0.25) is 0 Å². The van der Waals surface area contributed by atoms with Crippen LogP contribution < -0.4 is 5.32 Å². The van der Waals surface area contributed by atoms with Gasteiger partial charge in [0.15, 0.2) is 0 Å². The number of aryl methyl sites for hydroxylation is 2. The van der Waals surface area contributed by atoms with Gasteiger partial charge in [0.05, 0.1) is 18.3 Å². The van der Waals surface area contributed by atoms with E-state index in [0.29, 0.717) is 6.54 Å². The molecule has 1 aromatic heterocycles. The summed E-state index contributed by atoms with van der Waals surface area (Å²) in [6.07, 6.45) is 2.17. The van der Waals surface area contributed by atoms with E-state index in [0.717, 1.165) is 49.4 Å². The molecule has 0 amide bonds. The Morgan fingerprint density at radius 2 is 2.10 bits per heavy atom. The highest BCUT2D eigenvalue weighted by atomic mass is 16.4. The third kappa shape index (κ3) is 4.58. The SMILES string of the molecule is Cc1nc(CNCC2CCN(C[C@H](C)O)CC2)oc1C. The van der Waals surface area contributed by atoms with Gasteiger partial charge in [-0.1, -0.05) is 0 Å². The molecule has 1 aliphatic heterocycles. The Morgan fingerprint density at radius 3 is 2.65 bits per heavy atom. The maximum atomic E-state index is 9.39. The number of nitrogens with one attached hydrogen (secondary N) is 1. The lowest BCUT2D eigenvalue weighted by Gasteiger charge is -2.32. The quantitative estimate of drug-likeness (QED) is 0.827. The molecule has 1 saturated heterocycles. The van der Waals surface area contributed by atoms with Crippen LogP contribution in [0, 0.1) is 19.8 Å². The zero-order valence-electron chi connectivity index (χ0n) is 12.9. The standard InChI is InChI=1S/C15H27N3O2/c1-11(19)10-18-6-4-14(5-7-18)8-16-9-15-17-12(2)13(3)20-15/h11,14,16,19H,4-10H2,1-3H3/t11-/m0/s1. The fraction of sp³-hybridized carbons (Fsp3) is 0.800. The van der Waals surface area contributed by atoms with Crippen LogP contribution in [0.1, 0.15) is 37.1 Å². The first-order chi connectivity index (χ1) is 9.54. The van der Waals surface area contributed by atoms with Gasteiger partial charge in [0, 0.05) is 6.54 Å². The summed E-state index contributed by atoms with van der Waals surface area (Å²) in [5.41, 5.74) is 0.980. The van der Waals surface area contributed by atoms with E-state index in [4.69, 9.17) is 4.42 Å². The van der Waals surface area contributed by atoms with E-state index in [2.05, 4.69) is 15.2 Å². The lowest BCUT2D eigenvalue weighted by Crippen LogP contribution is -2.40. The molecule has 0 saturated carbocycles. The van der Waals surface area contributed by atoms with Crippen molar-refractivity contribution < 1.29 is 9.52 Å². The minimum absolute atomic E-state index is 0.221. The molecule has 20 heavy (non-hydrogen) atoms. The van der Waals surface area contributed by atoms with Crippen LogP contribution in [0.25, 0.3) is 0 Å². The summed E-state index contributed by atoms with van der Waals surface area (Å²) in [5, 5.41) is 12.8. The van der Waals surface area contributed by atoms with Crippen LogP contribution in [0.4, 0.5) is 0 Å². The maximum Gasteiger partial charge on any atom is 0.208 e. The van der Waals surface area contributed by atoms with Crippen molar-refractivity contribution >= 4 is 0 Å². The van der Waals surface area contributed by atoms with E-state index in [9.17, 15) is 5.11 Å². The van der Waals surface area contributed by atoms with Crippen molar-refractivity contribution in [1.29, 1.82) is 0 Å². The molecule has 2 N–H and O–H groups in total. The molecule has 1 atom stereocenters. The van der Waals surface area contributed by atoms with E-state index in [1.807, 2.05) is 20.8 Å². The van der Waals surface area contributed by atoms with E-state index >= 15 is 0 Å². The number of aromatic nitrogens is 1. The Kier molecular flexibility index (Phi) is 5.57. The minimum Gasteiger partial charge on any atom is -0.444 e. The van der Waals surface area contributed by atoms with Crippen LogP contribution in [-0.2, 0) is 6.54 Å². The first kappa shape index (κ1) is 15.5. The Bertz CT molecular complexity index is 390.